The Morgan fingerprint density at radius 1 is 1.18 bits per heavy atom. The van der Waals surface area contributed by atoms with Gasteiger partial charge < -0.3 is 4.90 Å². The molecular weight excluding hydrogens is 212 g/mol. The number of carbonyl (C=O) groups is 1. The molecule has 0 radical (unpaired) electrons. The van der Waals surface area contributed by atoms with Crippen molar-refractivity contribution in [2.24, 2.45) is 5.92 Å². The first-order chi connectivity index (χ1) is 8.03. The van der Waals surface area contributed by atoms with Crippen LogP contribution in [-0.2, 0) is 4.79 Å². The molecule has 2 rings (SSSR count). The van der Waals surface area contributed by atoms with Gasteiger partial charge in [0.05, 0.1) is 0 Å². The highest BCUT2D eigenvalue weighted by Gasteiger charge is 2.32. The monoisotopic (exact) mass is 238 g/mol. The Bertz CT molecular complexity index is 276. The van der Waals surface area contributed by atoms with Crippen LogP contribution in [0, 0.1) is 5.92 Å². The molecule has 1 heterocycles. The van der Waals surface area contributed by atoms with E-state index in [1.54, 1.807) is 0 Å². The molecule has 3 nitrogen and oxygen atoms in total. The molecule has 0 aromatic carbocycles. The molecule has 17 heavy (non-hydrogen) atoms. The van der Waals surface area contributed by atoms with E-state index in [1.165, 1.54) is 19.3 Å². The first kappa shape index (κ1) is 12.9. The zero-order valence-corrected chi connectivity index (χ0v) is 11.5. The number of nitrogens with zero attached hydrogens (tertiary/aromatic N) is 2. The van der Waals surface area contributed by atoms with Gasteiger partial charge in [-0.2, -0.15) is 0 Å². The van der Waals surface area contributed by atoms with E-state index in [-0.39, 0.29) is 5.54 Å². The minimum Gasteiger partial charge on any atom is -0.340 e. The average molecular weight is 238 g/mol. The molecule has 2 fully saturated rings. The molecule has 1 aliphatic carbocycles. The quantitative estimate of drug-likeness (QED) is 0.749. The van der Waals surface area contributed by atoms with Gasteiger partial charge in [0.15, 0.2) is 0 Å². The average Bonchev–Trinajstić information content (AvgIpc) is 3.13. The normalized spacial score (nSPS) is 22.9. The highest BCUT2D eigenvalue weighted by molar-refractivity contribution is 5.76. The summed E-state index contributed by atoms with van der Waals surface area (Å²) < 4.78 is 0. The van der Waals surface area contributed by atoms with E-state index in [1.807, 2.05) is 0 Å². The molecule has 1 aliphatic heterocycles. The lowest BCUT2D eigenvalue weighted by molar-refractivity contribution is -0.134. The van der Waals surface area contributed by atoms with Crippen LogP contribution in [0.5, 0.6) is 0 Å². The summed E-state index contributed by atoms with van der Waals surface area (Å²) >= 11 is 0. The predicted molar refractivity (Wildman–Crippen MR) is 69.9 cm³/mol. The van der Waals surface area contributed by atoms with E-state index in [4.69, 9.17) is 0 Å². The third-order valence-electron chi connectivity index (χ3n) is 4.51. The van der Waals surface area contributed by atoms with Gasteiger partial charge in [-0.05, 0) is 39.0 Å². The molecule has 0 bridgehead atoms. The van der Waals surface area contributed by atoms with Crippen LogP contribution >= 0.6 is 0 Å². The molecule has 2 aliphatic rings. The molecule has 0 aromatic heterocycles. The molecular formula is C14H26N2O. The molecule has 1 saturated heterocycles. The third kappa shape index (κ3) is 3.21. The van der Waals surface area contributed by atoms with E-state index in [2.05, 4.69) is 30.6 Å². The Kier molecular flexibility index (Phi) is 3.76. The van der Waals surface area contributed by atoms with Gasteiger partial charge in [0.25, 0.3) is 0 Å². The summed E-state index contributed by atoms with van der Waals surface area (Å²) in [6, 6.07) is 0. The van der Waals surface area contributed by atoms with Crippen LogP contribution in [0.4, 0.5) is 0 Å². The summed E-state index contributed by atoms with van der Waals surface area (Å²) in [4.78, 5) is 16.6. The minimum absolute atomic E-state index is 0.283. The van der Waals surface area contributed by atoms with Gasteiger partial charge in [-0.3, -0.25) is 9.69 Å². The molecule has 0 atom stereocenters. The lowest BCUT2D eigenvalue weighted by atomic mass is 9.98. The predicted octanol–water partition coefficient (Wildman–Crippen LogP) is 2.12. The van der Waals surface area contributed by atoms with E-state index in [9.17, 15) is 4.79 Å². The minimum atomic E-state index is 0.283. The van der Waals surface area contributed by atoms with Crippen LogP contribution < -0.4 is 0 Å². The van der Waals surface area contributed by atoms with Crippen molar-refractivity contribution in [1.29, 1.82) is 0 Å². The van der Waals surface area contributed by atoms with Crippen molar-refractivity contribution in [2.75, 3.05) is 26.2 Å². The van der Waals surface area contributed by atoms with Gasteiger partial charge in [-0.1, -0.05) is 6.92 Å². The lowest BCUT2D eigenvalue weighted by Gasteiger charge is -2.43. The Morgan fingerprint density at radius 3 is 2.24 bits per heavy atom. The van der Waals surface area contributed by atoms with Gasteiger partial charge >= 0.3 is 0 Å². The van der Waals surface area contributed by atoms with Crippen molar-refractivity contribution in [1.82, 2.24) is 9.80 Å². The zero-order valence-electron chi connectivity index (χ0n) is 11.5. The second kappa shape index (κ2) is 4.97. The van der Waals surface area contributed by atoms with Crippen LogP contribution in [0.25, 0.3) is 0 Å². The fourth-order valence-corrected chi connectivity index (χ4v) is 2.48. The number of amides is 1. The molecule has 98 valence electrons. The zero-order chi connectivity index (χ0) is 12.5. The van der Waals surface area contributed by atoms with Crippen LogP contribution in [0.1, 0.15) is 46.5 Å². The summed E-state index contributed by atoms with van der Waals surface area (Å²) in [6.45, 7) is 10.8. The number of hydrogen-bond donors (Lipinski definition) is 0. The molecule has 0 aromatic rings. The number of hydrogen-bond acceptors (Lipinski definition) is 2. The third-order valence-corrected chi connectivity index (χ3v) is 4.51. The highest BCUT2D eigenvalue weighted by Crippen LogP contribution is 2.33. The standard InChI is InChI=1S/C14H26N2O/c1-4-14(2,3)16-9-7-15(8-10-16)13(17)11-12-5-6-12/h12H,4-11H2,1-3H3. The Labute approximate surface area is 105 Å². The molecule has 3 heteroatoms. The first-order valence-corrected chi connectivity index (χ1v) is 7.06. The molecule has 1 amide bonds. The van der Waals surface area contributed by atoms with Crippen molar-refractivity contribution in [3.8, 4) is 0 Å². The van der Waals surface area contributed by atoms with Crippen molar-refractivity contribution in [3.63, 3.8) is 0 Å². The topological polar surface area (TPSA) is 23.6 Å². The first-order valence-electron chi connectivity index (χ1n) is 7.06. The van der Waals surface area contributed by atoms with E-state index in [0.717, 1.165) is 32.6 Å². The molecule has 0 spiro atoms. The maximum absolute atomic E-state index is 12.0. The van der Waals surface area contributed by atoms with Gasteiger partial charge in [-0.15, -0.1) is 0 Å². The molecule has 0 N–H and O–H groups in total. The lowest BCUT2D eigenvalue weighted by Crippen LogP contribution is -2.55. The summed E-state index contributed by atoms with van der Waals surface area (Å²) in [7, 11) is 0. The second-order valence-electron chi connectivity index (χ2n) is 6.18. The fraction of sp³-hybridized carbons (Fsp3) is 0.929. The van der Waals surface area contributed by atoms with Crippen LogP contribution in [-0.4, -0.2) is 47.4 Å². The van der Waals surface area contributed by atoms with Crippen molar-refractivity contribution < 1.29 is 4.79 Å². The SMILES string of the molecule is CCC(C)(C)N1CCN(C(=O)CC2CC2)CC1. The maximum Gasteiger partial charge on any atom is 0.222 e. The number of carbonyl (C=O) groups excluding carboxylic acids is 1. The van der Waals surface area contributed by atoms with Gasteiger partial charge in [0.1, 0.15) is 0 Å². The summed E-state index contributed by atoms with van der Waals surface area (Å²) in [5.41, 5.74) is 0.283. The fourth-order valence-electron chi connectivity index (χ4n) is 2.48. The second-order valence-corrected chi connectivity index (χ2v) is 6.18. The number of piperazine rings is 1. The highest BCUT2D eigenvalue weighted by atomic mass is 16.2. The van der Waals surface area contributed by atoms with Crippen molar-refractivity contribution >= 4 is 5.91 Å². The Hall–Kier alpha value is -0.570. The van der Waals surface area contributed by atoms with Crippen molar-refractivity contribution in [2.45, 2.75) is 52.0 Å². The summed E-state index contributed by atoms with van der Waals surface area (Å²) in [6.07, 6.45) is 4.52. The van der Waals surface area contributed by atoms with Crippen molar-refractivity contribution in [3.05, 3.63) is 0 Å². The maximum atomic E-state index is 12.0. The number of rotatable bonds is 4. The van der Waals surface area contributed by atoms with Gasteiger partial charge in [0.2, 0.25) is 5.91 Å². The molecule has 0 unspecified atom stereocenters. The van der Waals surface area contributed by atoms with Gasteiger partial charge in [0, 0.05) is 38.1 Å². The molecule has 1 saturated carbocycles. The van der Waals surface area contributed by atoms with Gasteiger partial charge in [-0.25, -0.2) is 0 Å². The largest absolute Gasteiger partial charge is 0.340 e. The Morgan fingerprint density at radius 2 is 1.76 bits per heavy atom. The summed E-state index contributed by atoms with van der Waals surface area (Å²) in [5.74, 6) is 1.11. The Balaban J connectivity index is 1.78. The van der Waals surface area contributed by atoms with E-state index in [0.29, 0.717) is 11.8 Å². The van der Waals surface area contributed by atoms with Crippen LogP contribution in [0.3, 0.4) is 0 Å². The van der Waals surface area contributed by atoms with E-state index < -0.39 is 0 Å². The smallest absolute Gasteiger partial charge is 0.222 e. The van der Waals surface area contributed by atoms with E-state index >= 15 is 0 Å². The van der Waals surface area contributed by atoms with Crippen LogP contribution in [0.15, 0.2) is 0 Å². The van der Waals surface area contributed by atoms with Crippen LogP contribution in [0.2, 0.25) is 0 Å². The summed E-state index contributed by atoms with van der Waals surface area (Å²) in [5, 5.41) is 0.